The summed E-state index contributed by atoms with van der Waals surface area (Å²) < 4.78 is 37.9. The van der Waals surface area contributed by atoms with Gasteiger partial charge < -0.3 is 21.1 Å². The zero-order valence-electron chi connectivity index (χ0n) is 20.9. The third kappa shape index (κ3) is 7.26. The molecule has 0 radical (unpaired) electrons. The number of aliphatic hydroxyl groups is 1. The lowest BCUT2D eigenvalue weighted by Gasteiger charge is -2.14. The van der Waals surface area contributed by atoms with Gasteiger partial charge in [0, 0.05) is 38.1 Å². The number of aryl methyl sites for hydroxylation is 1. The van der Waals surface area contributed by atoms with E-state index in [2.05, 4.69) is 25.4 Å². The minimum atomic E-state index is -4.65. The number of hydrogen-bond donors (Lipinski definition) is 4. The van der Waals surface area contributed by atoms with Crippen LogP contribution < -0.4 is 11.1 Å². The monoisotopic (exact) mass is 528 g/mol. The molecule has 2 aromatic carbocycles. The van der Waals surface area contributed by atoms with E-state index in [1.165, 1.54) is 16.7 Å². The number of nitrogens with two attached hydrogens (primary N) is 1. The van der Waals surface area contributed by atoms with Crippen LogP contribution in [0.1, 0.15) is 27.3 Å². The fraction of sp³-hybridized carbons (Fsp3) is 0.240. The summed E-state index contributed by atoms with van der Waals surface area (Å²) in [6.45, 7) is 2.03. The van der Waals surface area contributed by atoms with Gasteiger partial charge in [-0.2, -0.15) is 23.3 Å². The molecule has 0 saturated carbocycles. The highest BCUT2D eigenvalue weighted by Gasteiger charge is 2.35. The number of carbonyl (C=O) groups is 1. The summed E-state index contributed by atoms with van der Waals surface area (Å²) in [5.41, 5.74) is 9.01. The second-order valence-electron chi connectivity index (χ2n) is 8.31. The Hall–Kier alpha value is -4.52. The highest BCUT2D eigenvalue weighted by molar-refractivity contribution is 5.95. The summed E-state index contributed by atoms with van der Waals surface area (Å²) in [6.07, 6.45) is -2.66. The number of nitrogen functional groups attached to an aromatic ring is 1. The van der Waals surface area contributed by atoms with E-state index >= 15 is 0 Å². The molecule has 5 N–H and O–H groups in total. The molecule has 0 spiro atoms. The highest BCUT2D eigenvalue weighted by atomic mass is 19.4. The van der Waals surface area contributed by atoms with E-state index < -0.39 is 12.0 Å². The molecule has 0 bridgehead atoms. The molecule has 0 unspecified atom stereocenters. The van der Waals surface area contributed by atoms with Crippen LogP contribution in [0.5, 0.6) is 0 Å². The molecule has 0 aliphatic rings. The molecule has 2 heterocycles. The molecule has 0 saturated heterocycles. The molecule has 0 atom stereocenters. The number of H-pyrrole nitrogens is 1. The van der Waals surface area contributed by atoms with Gasteiger partial charge in [-0.15, -0.1) is 0 Å². The van der Waals surface area contributed by atoms with Crippen LogP contribution in [0.2, 0.25) is 0 Å². The number of aromatic nitrogens is 5. The summed E-state index contributed by atoms with van der Waals surface area (Å²) in [6, 6.07) is 15.0. The van der Waals surface area contributed by atoms with Gasteiger partial charge in [-0.1, -0.05) is 30.3 Å². The number of anilines is 3. The second kappa shape index (κ2) is 12.1. The largest absolute Gasteiger partial charge is 0.451 e. The van der Waals surface area contributed by atoms with Gasteiger partial charge in [-0.25, -0.2) is 9.97 Å². The van der Waals surface area contributed by atoms with Crippen LogP contribution in [-0.2, 0) is 12.6 Å². The van der Waals surface area contributed by atoms with Gasteiger partial charge in [0.05, 0.1) is 5.56 Å². The van der Waals surface area contributed by atoms with E-state index in [0.717, 1.165) is 12.0 Å². The average Bonchev–Trinajstić information content (AvgIpc) is 3.36. The number of alkyl halides is 3. The van der Waals surface area contributed by atoms with Crippen LogP contribution in [0.4, 0.5) is 30.6 Å². The van der Waals surface area contributed by atoms with Crippen molar-refractivity contribution in [3.8, 4) is 11.4 Å². The van der Waals surface area contributed by atoms with E-state index in [1.807, 2.05) is 35.4 Å². The SMILES string of the molecule is Cc1cc(Nc2ncc(-c3n[nH]c(C(F)(F)F)n3)c(N)n2)ccc1C(=O)N(C)C.OCCc1ccccc1. The lowest BCUT2D eigenvalue weighted by Crippen LogP contribution is -2.22. The molecule has 10 nitrogen and oxygen atoms in total. The maximum atomic E-state index is 12.6. The van der Waals surface area contributed by atoms with Crippen LogP contribution in [0.3, 0.4) is 0 Å². The lowest BCUT2D eigenvalue weighted by atomic mass is 10.1. The summed E-state index contributed by atoms with van der Waals surface area (Å²) in [5, 5.41) is 16.8. The maximum Gasteiger partial charge on any atom is 0.451 e. The van der Waals surface area contributed by atoms with Gasteiger partial charge in [0.15, 0.2) is 5.82 Å². The zero-order valence-corrected chi connectivity index (χ0v) is 20.9. The third-order valence-corrected chi connectivity index (χ3v) is 5.18. The number of halogens is 3. The number of aliphatic hydroxyl groups excluding tert-OH is 1. The van der Waals surface area contributed by atoms with Crippen molar-refractivity contribution in [1.82, 2.24) is 30.0 Å². The Morgan fingerprint density at radius 2 is 1.84 bits per heavy atom. The van der Waals surface area contributed by atoms with Gasteiger partial charge in [-0.3, -0.25) is 9.89 Å². The average molecular weight is 529 g/mol. The molecule has 0 aliphatic heterocycles. The van der Waals surface area contributed by atoms with Crippen molar-refractivity contribution < 1.29 is 23.1 Å². The normalized spacial score (nSPS) is 10.9. The molecule has 0 aliphatic carbocycles. The van der Waals surface area contributed by atoms with Crippen molar-refractivity contribution in [1.29, 1.82) is 0 Å². The molecule has 4 aromatic rings. The molecule has 4 rings (SSSR count). The maximum absolute atomic E-state index is 12.6. The first-order chi connectivity index (χ1) is 18.0. The quantitative estimate of drug-likeness (QED) is 0.295. The molecular weight excluding hydrogens is 501 g/mol. The van der Waals surface area contributed by atoms with Gasteiger partial charge in [0.2, 0.25) is 11.8 Å². The van der Waals surface area contributed by atoms with Crippen molar-refractivity contribution in [3.63, 3.8) is 0 Å². The second-order valence-corrected chi connectivity index (χ2v) is 8.31. The molecule has 0 fully saturated rings. The zero-order chi connectivity index (χ0) is 27.9. The number of hydrogen-bond acceptors (Lipinski definition) is 8. The van der Waals surface area contributed by atoms with E-state index in [9.17, 15) is 18.0 Å². The van der Waals surface area contributed by atoms with E-state index in [1.54, 1.807) is 39.2 Å². The van der Waals surface area contributed by atoms with Crippen molar-refractivity contribution in [2.24, 2.45) is 0 Å². The summed E-state index contributed by atoms with van der Waals surface area (Å²) in [5.74, 6) is -1.58. The van der Waals surface area contributed by atoms with Crippen LogP contribution >= 0.6 is 0 Å². The molecule has 2 aromatic heterocycles. The molecule has 1 amide bonds. The first kappa shape index (κ1) is 28.1. The molecule has 200 valence electrons. The minimum Gasteiger partial charge on any atom is -0.396 e. The number of amides is 1. The van der Waals surface area contributed by atoms with Crippen LogP contribution in [0, 0.1) is 6.92 Å². The number of benzene rings is 2. The Labute approximate surface area is 216 Å². The fourth-order valence-corrected chi connectivity index (χ4v) is 3.26. The lowest BCUT2D eigenvalue weighted by molar-refractivity contribution is -0.144. The van der Waals surface area contributed by atoms with Crippen molar-refractivity contribution in [2.45, 2.75) is 19.5 Å². The first-order valence-electron chi connectivity index (χ1n) is 11.4. The summed E-state index contributed by atoms with van der Waals surface area (Å²) >= 11 is 0. The van der Waals surface area contributed by atoms with Crippen molar-refractivity contribution in [3.05, 3.63) is 77.2 Å². The van der Waals surface area contributed by atoms with Crippen LogP contribution in [0.15, 0.2) is 54.7 Å². The highest BCUT2D eigenvalue weighted by Crippen LogP contribution is 2.29. The number of nitrogens with zero attached hydrogens (tertiary/aromatic N) is 5. The summed E-state index contributed by atoms with van der Waals surface area (Å²) in [7, 11) is 3.33. The van der Waals surface area contributed by atoms with Gasteiger partial charge in [-0.05, 0) is 42.7 Å². The smallest absolute Gasteiger partial charge is 0.396 e. The number of carbonyl (C=O) groups excluding carboxylic acids is 1. The number of aromatic amines is 1. The Morgan fingerprint density at radius 1 is 1.13 bits per heavy atom. The van der Waals surface area contributed by atoms with Gasteiger partial charge in [0.1, 0.15) is 5.82 Å². The topological polar surface area (TPSA) is 146 Å². The van der Waals surface area contributed by atoms with Crippen LogP contribution in [-0.4, -0.2) is 61.8 Å². The molecule has 13 heteroatoms. The van der Waals surface area contributed by atoms with Gasteiger partial charge in [0.25, 0.3) is 5.91 Å². The fourth-order valence-electron chi connectivity index (χ4n) is 3.26. The van der Waals surface area contributed by atoms with E-state index in [0.29, 0.717) is 11.3 Å². The van der Waals surface area contributed by atoms with E-state index in [4.69, 9.17) is 10.8 Å². The first-order valence-corrected chi connectivity index (χ1v) is 11.4. The minimum absolute atomic E-state index is 0.0606. The Balaban J connectivity index is 0.000000375. The predicted molar refractivity (Wildman–Crippen MR) is 137 cm³/mol. The Kier molecular flexibility index (Phi) is 8.97. The number of nitrogens with one attached hydrogen (secondary N) is 2. The van der Waals surface area contributed by atoms with Gasteiger partial charge >= 0.3 is 6.18 Å². The standard InChI is InChI=1S/C17H17F3N8O.C8H10O/c1-8-6-9(4-5-10(8)14(29)28(2)3)23-16-22-7-11(12(21)24-16)13-25-15(27-26-13)17(18,19)20;9-7-6-8-4-2-1-3-5-8/h4-7H,1-3H3,(H,25,26,27)(H3,21,22,23,24);1-5,9H,6-7H2. The Morgan fingerprint density at radius 3 is 2.39 bits per heavy atom. The number of rotatable bonds is 6. The van der Waals surface area contributed by atoms with Crippen LogP contribution in [0.25, 0.3) is 11.4 Å². The predicted octanol–water partition coefficient (Wildman–Crippen LogP) is 3.84. The molecular formula is C25H27F3N8O2. The molecule has 38 heavy (non-hydrogen) atoms. The van der Waals surface area contributed by atoms with Crippen molar-refractivity contribution >= 4 is 23.4 Å². The third-order valence-electron chi connectivity index (χ3n) is 5.18. The van der Waals surface area contributed by atoms with Crippen molar-refractivity contribution in [2.75, 3.05) is 31.8 Å². The summed E-state index contributed by atoms with van der Waals surface area (Å²) in [4.78, 5) is 25.0. The van der Waals surface area contributed by atoms with E-state index in [-0.39, 0.29) is 35.7 Å². The Bertz CT molecular complexity index is 1370.